The molecule has 3 fully saturated rings. The second kappa shape index (κ2) is 10.5. The van der Waals surface area contributed by atoms with Crippen LogP contribution in [-0.4, -0.2) is 55.7 Å². The van der Waals surface area contributed by atoms with Gasteiger partial charge in [-0.25, -0.2) is 13.7 Å². The smallest absolute Gasteiger partial charge is 0.488 e. The number of para-hydroxylation sites is 1. The summed E-state index contributed by atoms with van der Waals surface area (Å²) in [6, 6.07) is 13.8. The number of alkyl halides is 2. The van der Waals surface area contributed by atoms with Gasteiger partial charge in [-0.15, -0.1) is 23.2 Å². The lowest BCUT2D eigenvalue weighted by molar-refractivity contribution is -0.125. The Kier molecular flexibility index (Phi) is 6.95. The summed E-state index contributed by atoms with van der Waals surface area (Å²) >= 11 is 14.4. The molecule has 7 rings (SSSR count). The van der Waals surface area contributed by atoms with E-state index in [0.29, 0.717) is 5.57 Å². The van der Waals surface area contributed by atoms with Crippen LogP contribution in [0.2, 0.25) is 0 Å². The largest absolute Gasteiger partial charge is 0.505 e. The average Bonchev–Trinajstić information content (AvgIpc) is 3.37. The number of fused-ring (bicyclic) bond motifs is 4. The number of amides is 4. The molecule has 1 saturated carbocycles. The second-order valence-electron chi connectivity index (χ2n) is 11.9. The maximum atomic E-state index is 14.8. The number of carbonyl (C=O) groups excluding carboxylic acids is 4. The fourth-order valence-electron chi connectivity index (χ4n) is 7.59. The Morgan fingerprint density at radius 1 is 0.826 bits per heavy atom. The van der Waals surface area contributed by atoms with Crippen LogP contribution in [0.3, 0.4) is 0 Å². The van der Waals surface area contributed by atoms with E-state index in [2.05, 4.69) is 0 Å². The van der Waals surface area contributed by atoms with Gasteiger partial charge in [0.05, 0.1) is 23.2 Å². The number of aromatic hydroxyl groups is 1. The molecule has 2 heterocycles. The van der Waals surface area contributed by atoms with Crippen LogP contribution in [0.5, 0.6) is 5.75 Å². The van der Waals surface area contributed by atoms with Gasteiger partial charge in [0.2, 0.25) is 11.8 Å². The molecule has 2 aliphatic carbocycles. The average molecular weight is 667 g/mol. The fourth-order valence-corrected chi connectivity index (χ4v) is 8.51. The number of hydrogen-bond acceptors (Lipinski definition) is 7. The minimum Gasteiger partial charge on any atom is -0.505 e. The molecule has 0 spiro atoms. The molecule has 9 nitrogen and oxygen atoms in total. The highest BCUT2D eigenvalue weighted by Gasteiger charge is 2.77. The molecule has 4 amide bonds. The van der Waals surface area contributed by atoms with Crippen LogP contribution in [0.1, 0.15) is 24.3 Å². The Labute approximate surface area is 270 Å². The first kappa shape index (κ1) is 30.6. The molecule has 2 aliphatic heterocycles. The molecule has 46 heavy (non-hydrogen) atoms. The fraction of sp³-hybridized carbons (Fsp3) is 0.250. The van der Waals surface area contributed by atoms with Crippen molar-refractivity contribution in [2.24, 2.45) is 17.8 Å². The van der Waals surface area contributed by atoms with Crippen molar-refractivity contribution in [3.63, 3.8) is 0 Å². The Balaban J connectivity index is 1.39. The van der Waals surface area contributed by atoms with Crippen molar-refractivity contribution in [3.05, 3.63) is 95.6 Å². The minimum atomic E-state index is -2.34. The molecule has 0 aromatic heterocycles. The summed E-state index contributed by atoms with van der Waals surface area (Å²) in [5, 5.41) is 30.3. The van der Waals surface area contributed by atoms with Gasteiger partial charge in [0.15, 0.2) is 21.3 Å². The van der Waals surface area contributed by atoms with Crippen LogP contribution in [0.25, 0.3) is 0 Å². The van der Waals surface area contributed by atoms with Crippen LogP contribution in [0, 0.1) is 29.4 Å². The van der Waals surface area contributed by atoms with Gasteiger partial charge < -0.3 is 15.2 Å². The van der Waals surface area contributed by atoms with Crippen molar-refractivity contribution in [1.29, 1.82) is 0 Å². The summed E-state index contributed by atoms with van der Waals surface area (Å²) < 4.78 is 28.6. The summed E-state index contributed by atoms with van der Waals surface area (Å²) in [7, 11) is -1.86. The lowest BCUT2D eigenvalue weighted by Crippen LogP contribution is -2.60. The lowest BCUT2D eigenvalue weighted by Gasteiger charge is -2.50. The zero-order valence-electron chi connectivity index (χ0n) is 23.6. The normalized spacial score (nSPS) is 30.3. The molecule has 3 N–H and O–H groups in total. The minimum absolute atomic E-state index is 0.0124. The zero-order chi connectivity index (χ0) is 32.9. The third kappa shape index (κ3) is 4.00. The highest BCUT2D eigenvalue weighted by Crippen LogP contribution is 2.66. The predicted molar refractivity (Wildman–Crippen MR) is 163 cm³/mol. The summed E-state index contributed by atoms with van der Waals surface area (Å²) in [5.41, 5.74) is 0.322. The number of phenolic OH excluding ortho intramolecular Hbond substituents is 1. The van der Waals surface area contributed by atoms with E-state index in [4.69, 9.17) is 23.2 Å². The van der Waals surface area contributed by atoms with Crippen molar-refractivity contribution < 1.29 is 43.1 Å². The van der Waals surface area contributed by atoms with E-state index in [1.54, 1.807) is 6.08 Å². The Hall–Kier alpha value is -4.10. The molecule has 2 saturated heterocycles. The zero-order valence-corrected chi connectivity index (χ0v) is 25.1. The van der Waals surface area contributed by atoms with E-state index in [-0.39, 0.29) is 35.2 Å². The topological polar surface area (TPSA) is 135 Å². The lowest BCUT2D eigenvalue weighted by atomic mass is 9.56. The van der Waals surface area contributed by atoms with Crippen molar-refractivity contribution in [2.75, 3.05) is 9.80 Å². The van der Waals surface area contributed by atoms with Crippen molar-refractivity contribution >= 4 is 70.8 Å². The number of hydrogen-bond donors (Lipinski definition) is 3. The van der Waals surface area contributed by atoms with E-state index < -0.39 is 81.6 Å². The number of allylic oxidation sites excluding steroid dienone is 2. The Morgan fingerprint density at radius 2 is 1.52 bits per heavy atom. The molecule has 14 heteroatoms. The molecule has 0 bridgehead atoms. The molecule has 6 atom stereocenters. The van der Waals surface area contributed by atoms with Gasteiger partial charge in [-0.05, 0) is 66.7 Å². The second-order valence-corrected chi connectivity index (χ2v) is 13.2. The summed E-state index contributed by atoms with van der Waals surface area (Å²) in [5.74, 6) is -10.0. The number of imide groups is 2. The maximum Gasteiger partial charge on any atom is 0.488 e. The van der Waals surface area contributed by atoms with Gasteiger partial charge in [-0.2, -0.15) is 0 Å². The van der Waals surface area contributed by atoms with Gasteiger partial charge in [-0.1, -0.05) is 35.9 Å². The van der Waals surface area contributed by atoms with E-state index in [1.807, 2.05) is 0 Å². The van der Waals surface area contributed by atoms with Gasteiger partial charge in [0.25, 0.3) is 11.8 Å². The van der Waals surface area contributed by atoms with Crippen LogP contribution < -0.4 is 15.3 Å². The molecular formula is C32H23BCl2F2N2O7. The molecule has 3 aromatic carbocycles. The van der Waals surface area contributed by atoms with Crippen LogP contribution in [0.15, 0.2) is 78.4 Å². The van der Waals surface area contributed by atoms with Gasteiger partial charge in [0.1, 0.15) is 5.82 Å². The van der Waals surface area contributed by atoms with Crippen molar-refractivity contribution in [1.82, 2.24) is 0 Å². The van der Waals surface area contributed by atoms with Crippen LogP contribution in [-0.2, 0) is 19.2 Å². The van der Waals surface area contributed by atoms with Crippen LogP contribution >= 0.6 is 23.2 Å². The van der Waals surface area contributed by atoms with E-state index in [1.165, 1.54) is 48.5 Å². The van der Waals surface area contributed by atoms with Crippen molar-refractivity contribution in [3.8, 4) is 5.75 Å². The first-order chi connectivity index (χ1) is 21.8. The molecule has 0 radical (unpaired) electrons. The summed E-state index contributed by atoms with van der Waals surface area (Å²) in [4.78, 5) is 53.5. The Morgan fingerprint density at radius 3 is 2.22 bits per heavy atom. The molecule has 3 aromatic rings. The first-order valence-electron chi connectivity index (χ1n) is 14.3. The van der Waals surface area contributed by atoms with Gasteiger partial charge in [-0.3, -0.25) is 24.1 Å². The van der Waals surface area contributed by atoms with Crippen molar-refractivity contribution in [2.45, 2.75) is 28.5 Å². The van der Waals surface area contributed by atoms with Gasteiger partial charge >= 0.3 is 7.12 Å². The number of anilines is 2. The monoisotopic (exact) mass is 666 g/mol. The SMILES string of the molecule is O=C1[C@H]2[C@H](CC=C3[C@H]2C[C@@]2(Cl)C(=O)N(c4ccc(F)cc4)C(=O)[C@@]2(Cl)[C@H]3c2cccc(F)c2O)C(=O)N1c1cccc(B(O)O)c1. The van der Waals surface area contributed by atoms with E-state index in [0.717, 1.165) is 28.0 Å². The highest BCUT2D eigenvalue weighted by atomic mass is 35.5. The Bertz CT molecular complexity index is 1890. The first-order valence-corrected chi connectivity index (χ1v) is 15.1. The quantitative estimate of drug-likeness (QED) is 0.169. The molecular weight excluding hydrogens is 644 g/mol. The van der Waals surface area contributed by atoms with Gasteiger partial charge in [0, 0.05) is 11.5 Å². The highest BCUT2D eigenvalue weighted by molar-refractivity contribution is 6.59. The molecule has 0 unspecified atom stereocenters. The number of carbonyl (C=O) groups is 4. The number of halogens is 4. The third-order valence-corrected chi connectivity index (χ3v) is 11.1. The predicted octanol–water partition coefficient (Wildman–Crippen LogP) is 3.12. The van der Waals surface area contributed by atoms with Crippen LogP contribution in [0.4, 0.5) is 20.2 Å². The summed E-state index contributed by atoms with van der Waals surface area (Å²) in [6.45, 7) is 0. The maximum absolute atomic E-state index is 14.8. The third-order valence-electron chi connectivity index (χ3n) is 9.65. The summed E-state index contributed by atoms with van der Waals surface area (Å²) in [6.07, 6.45) is 1.27. The standard InChI is InChI=1S/C32H23BCl2F2N2O7/c34-31-14-22-19(11-12-20-24(22)28(42)38(27(20)41)18-4-1-3-15(13-18)33(45)46)25(21-5-2-6-23(37)26(21)40)32(31,35)30(44)39(29(31)43)17-9-7-16(36)8-10-17/h1-11,13,20,22,24-25,40,45-46H,12,14H2/t20-,22+,24-,25+,31+,32-/m0/s1. The van der Waals surface area contributed by atoms with E-state index in [9.17, 15) is 43.1 Å². The molecule has 4 aliphatic rings. The number of benzene rings is 3. The molecule has 234 valence electrons. The number of phenols is 1. The number of rotatable bonds is 4. The number of nitrogens with zero attached hydrogens (tertiary/aromatic N) is 2. The van der Waals surface area contributed by atoms with E-state index >= 15 is 0 Å².